The fourth-order valence-corrected chi connectivity index (χ4v) is 4.40. The van der Waals surface area contributed by atoms with Gasteiger partial charge in [-0.25, -0.2) is 12.7 Å². The topological polar surface area (TPSA) is 110 Å². The Kier molecular flexibility index (Phi) is 9.56. The molecule has 2 rings (SSSR count). The molecule has 28 heavy (non-hydrogen) atoms. The summed E-state index contributed by atoms with van der Waals surface area (Å²) >= 11 is 0. The van der Waals surface area contributed by atoms with E-state index in [2.05, 4.69) is 5.32 Å². The van der Waals surface area contributed by atoms with E-state index in [1.54, 1.807) is 0 Å². The van der Waals surface area contributed by atoms with Crippen molar-refractivity contribution in [3.8, 4) is 0 Å². The van der Waals surface area contributed by atoms with Gasteiger partial charge in [0, 0.05) is 37.7 Å². The molecule has 0 radical (unpaired) electrons. The van der Waals surface area contributed by atoms with E-state index < -0.39 is 10.0 Å². The zero-order chi connectivity index (χ0) is 20.0. The number of benzene rings is 1. The van der Waals surface area contributed by atoms with E-state index in [1.807, 2.05) is 0 Å². The van der Waals surface area contributed by atoms with Gasteiger partial charge in [-0.3, -0.25) is 9.59 Å². The first-order valence-corrected chi connectivity index (χ1v) is 10.8. The Balaban J connectivity index is 0.00000392. The van der Waals surface area contributed by atoms with Crippen molar-refractivity contribution in [3.05, 3.63) is 29.8 Å². The van der Waals surface area contributed by atoms with Gasteiger partial charge in [-0.15, -0.1) is 12.4 Å². The molecule has 1 saturated carbocycles. The average Bonchev–Trinajstić information content (AvgIpc) is 2.63. The van der Waals surface area contributed by atoms with Crippen LogP contribution in [0.1, 0.15) is 55.8 Å². The number of hydrogen-bond acceptors (Lipinski definition) is 5. The number of nitrogens with one attached hydrogen (secondary N) is 1. The van der Waals surface area contributed by atoms with Gasteiger partial charge in [0.2, 0.25) is 15.9 Å². The van der Waals surface area contributed by atoms with Gasteiger partial charge in [0.15, 0.2) is 5.78 Å². The number of nitrogens with two attached hydrogens (primary N) is 1. The number of carbonyl (C=O) groups excluding carboxylic acids is 2. The van der Waals surface area contributed by atoms with E-state index in [0.717, 1.165) is 25.7 Å². The number of carbonyl (C=O) groups is 2. The molecule has 9 heteroatoms. The van der Waals surface area contributed by atoms with E-state index in [4.69, 9.17) is 5.73 Å². The van der Waals surface area contributed by atoms with E-state index in [1.165, 1.54) is 42.5 Å². The lowest BCUT2D eigenvalue weighted by Crippen LogP contribution is -2.40. The summed E-state index contributed by atoms with van der Waals surface area (Å²) in [5.41, 5.74) is 6.33. The number of rotatable bonds is 8. The lowest BCUT2D eigenvalue weighted by atomic mass is 9.92. The van der Waals surface area contributed by atoms with Crippen LogP contribution >= 0.6 is 12.4 Å². The maximum Gasteiger partial charge on any atom is 0.242 e. The van der Waals surface area contributed by atoms with Crippen molar-refractivity contribution in [2.45, 2.75) is 62.4 Å². The second-order valence-electron chi connectivity index (χ2n) is 7.19. The molecule has 1 aromatic carbocycles. The van der Waals surface area contributed by atoms with Crippen LogP contribution in [0.2, 0.25) is 0 Å². The largest absolute Gasteiger partial charge is 0.353 e. The van der Waals surface area contributed by atoms with Crippen molar-refractivity contribution in [1.29, 1.82) is 0 Å². The third-order valence-corrected chi connectivity index (χ3v) is 6.85. The minimum absolute atomic E-state index is 0. The van der Waals surface area contributed by atoms with E-state index in [9.17, 15) is 18.0 Å². The molecule has 1 aliphatic rings. The van der Waals surface area contributed by atoms with Gasteiger partial charge < -0.3 is 11.1 Å². The Morgan fingerprint density at radius 2 is 1.71 bits per heavy atom. The molecule has 1 amide bonds. The number of halogens is 1. The number of ketones is 1. The molecule has 0 heterocycles. The first-order chi connectivity index (χ1) is 12.7. The SMILES string of the molecule is CC(=O)c1ccc(S(=O)(=O)N(C)CCCC(=O)NC2CCC(N)CC2)cc1.Cl. The monoisotopic (exact) mass is 431 g/mol. The third-order valence-electron chi connectivity index (χ3n) is 4.98. The minimum atomic E-state index is -3.64. The average molecular weight is 432 g/mol. The number of amides is 1. The fraction of sp³-hybridized carbons (Fsp3) is 0.579. The Morgan fingerprint density at radius 1 is 1.14 bits per heavy atom. The Morgan fingerprint density at radius 3 is 2.25 bits per heavy atom. The van der Waals surface area contributed by atoms with Crippen LogP contribution in [0.15, 0.2) is 29.2 Å². The van der Waals surface area contributed by atoms with E-state index in [-0.39, 0.29) is 54.0 Å². The lowest BCUT2D eigenvalue weighted by molar-refractivity contribution is -0.122. The van der Waals surface area contributed by atoms with Crippen LogP contribution < -0.4 is 11.1 Å². The van der Waals surface area contributed by atoms with Crippen LogP contribution in [0, 0.1) is 0 Å². The van der Waals surface area contributed by atoms with Crippen LogP contribution in [0.4, 0.5) is 0 Å². The van der Waals surface area contributed by atoms with Gasteiger partial charge in [-0.1, -0.05) is 12.1 Å². The van der Waals surface area contributed by atoms with Crippen LogP contribution in [0.3, 0.4) is 0 Å². The molecule has 158 valence electrons. The number of sulfonamides is 1. The molecule has 7 nitrogen and oxygen atoms in total. The first-order valence-electron chi connectivity index (χ1n) is 9.32. The van der Waals surface area contributed by atoms with Crippen molar-refractivity contribution < 1.29 is 18.0 Å². The highest BCUT2D eigenvalue weighted by Crippen LogP contribution is 2.18. The highest BCUT2D eigenvalue weighted by atomic mass is 35.5. The molecule has 1 fully saturated rings. The molecule has 0 saturated heterocycles. The second kappa shape index (κ2) is 10.9. The van der Waals surface area contributed by atoms with Gasteiger partial charge in [-0.2, -0.15) is 0 Å². The quantitative estimate of drug-likeness (QED) is 0.612. The summed E-state index contributed by atoms with van der Waals surface area (Å²) in [7, 11) is -2.14. The lowest BCUT2D eigenvalue weighted by Gasteiger charge is -2.26. The first kappa shape index (κ1) is 24.6. The van der Waals surface area contributed by atoms with Crippen LogP contribution in [-0.4, -0.2) is 50.1 Å². The van der Waals surface area contributed by atoms with E-state index in [0.29, 0.717) is 12.0 Å². The smallest absolute Gasteiger partial charge is 0.242 e. The van der Waals surface area contributed by atoms with Crippen molar-refractivity contribution in [2.75, 3.05) is 13.6 Å². The number of nitrogens with zero attached hydrogens (tertiary/aromatic N) is 1. The van der Waals surface area contributed by atoms with Gasteiger partial charge in [0.05, 0.1) is 4.90 Å². The summed E-state index contributed by atoms with van der Waals surface area (Å²) in [5.74, 6) is -0.162. The normalized spacial score (nSPS) is 19.7. The third kappa shape index (κ3) is 6.84. The summed E-state index contributed by atoms with van der Waals surface area (Å²) in [6, 6.07) is 6.30. The van der Waals surface area contributed by atoms with Crippen LogP contribution in [0.25, 0.3) is 0 Å². The molecule has 0 unspecified atom stereocenters. The minimum Gasteiger partial charge on any atom is -0.353 e. The van der Waals surface area contributed by atoms with E-state index >= 15 is 0 Å². The van der Waals surface area contributed by atoms with Crippen LogP contribution in [-0.2, 0) is 14.8 Å². The summed E-state index contributed by atoms with van der Waals surface area (Å²) < 4.78 is 26.4. The number of hydrogen-bond donors (Lipinski definition) is 2. The van der Waals surface area contributed by atoms with Crippen LogP contribution in [0.5, 0.6) is 0 Å². The van der Waals surface area contributed by atoms with Gasteiger partial charge >= 0.3 is 0 Å². The van der Waals surface area contributed by atoms with Crippen molar-refractivity contribution in [1.82, 2.24) is 9.62 Å². The van der Waals surface area contributed by atoms with Crippen molar-refractivity contribution >= 4 is 34.1 Å². The standard InChI is InChI=1S/C19H29N3O4S.ClH/c1-14(23)15-5-11-18(12-6-15)27(25,26)22(2)13-3-4-19(24)21-17-9-7-16(20)8-10-17;/h5-6,11-12,16-17H,3-4,7-10,13,20H2,1-2H3,(H,21,24);1H. The molecule has 3 N–H and O–H groups in total. The summed E-state index contributed by atoms with van der Waals surface area (Å²) in [6.07, 6.45) is 4.38. The fourth-order valence-electron chi connectivity index (χ4n) is 3.19. The Hall–Kier alpha value is -1.48. The molecule has 0 atom stereocenters. The molecule has 1 aliphatic carbocycles. The molecule has 0 spiro atoms. The maximum absolute atomic E-state index is 12.6. The molecular weight excluding hydrogens is 402 g/mol. The van der Waals surface area contributed by atoms with Gasteiger partial charge in [-0.05, 0) is 51.2 Å². The molecular formula is C19H30ClN3O4S. The summed E-state index contributed by atoms with van der Waals surface area (Å²) in [6.45, 7) is 1.68. The van der Waals surface area contributed by atoms with Crippen molar-refractivity contribution in [3.63, 3.8) is 0 Å². The molecule has 0 bridgehead atoms. The Labute approximate surface area is 173 Å². The molecule has 0 aromatic heterocycles. The van der Waals surface area contributed by atoms with Gasteiger partial charge in [0.1, 0.15) is 0 Å². The zero-order valence-electron chi connectivity index (χ0n) is 16.4. The zero-order valence-corrected chi connectivity index (χ0v) is 18.0. The molecule has 0 aliphatic heterocycles. The summed E-state index contributed by atoms with van der Waals surface area (Å²) in [5, 5.41) is 3.01. The van der Waals surface area contributed by atoms with Crippen molar-refractivity contribution in [2.24, 2.45) is 5.73 Å². The maximum atomic E-state index is 12.6. The Bertz CT molecular complexity index is 760. The second-order valence-corrected chi connectivity index (χ2v) is 9.23. The predicted octanol–water partition coefficient (Wildman–Crippen LogP) is 2.10. The van der Waals surface area contributed by atoms with Gasteiger partial charge in [0.25, 0.3) is 0 Å². The predicted molar refractivity (Wildman–Crippen MR) is 111 cm³/mol. The highest BCUT2D eigenvalue weighted by molar-refractivity contribution is 7.89. The highest BCUT2D eigenvalue weighted by Gasteiger charge is 2.22. The number of Topliss-reactive ketones (excluding diaryl/α,β-unsaturated/α-hetero) is 1. The summed E-state index contributed by atoms with van der Waals surface area (Å²) in [4.78, 5) is 23.5. The molecule has 1 aromatic rings.